The molecule has 10 heteroatoms. The fourth-order valence-corrected chi connectivity index (χ4v) is 4.38. The number of aliphatic hydroxyl groups is 1. The topological polar surface area (TPSA) is 138 Å². The highest BCUT2D eigenvalue weighted by Gasteiger charge is 2.48. The van der Waals surface area contributed by atoms with E-state index in [4.69, 9.17) is 9.26 Å². The van der Waals surface area contributed by atoms with Gasteiger partial charge in [-0.05, 0) is 51.0 Å². The van der Waals surface area contributed by atoms with Crippen LogP contribution in [0.1, 0.15) is 51.6 Å². The molecule has 2 aromatic heterocycles. The van der Waals surface area contributed by atoms with E-state index in [0.29, 0.717) is 34.9 Å². The van der Waals surface area contributed by atoms with E-state index in [1.807, 2.05) is 0 Å². The molecule has 0 spiro atoms. The van der Waals surface area contributed by atoms with Crippen molar-refractivity contribution in [2.75, 3.05) is 18.6 Å². The number of nitrogens with zero attached hydrogens (tertiary/aromatic N) is 2. The Morgan fingerprint density at radius 3 is 2.63 bits per heavy atom. The Labute approximate surface area is 201 Å². The number of aromatic amines is 1. The SMILES string of the molecule is CCNC(=O)c1[nH]c(C)c(/C(O)=C2\C(=O)C(=O)N(c3cc(C)on3)C2c2cccc(OC)c2)c1C. The van der Waals surface area contributed by atoms with Crippen LogP contribution in [0.3, 0.4) is 0 Å². The third kappa shape index (κ3) is 3.96. The number of hydrogen-bond donors (Lipinski definition) is 3. The van der Waals surface area contributed by atoms with Gasteiger partial charge in [-0.3, -0.25) is 19.3 Å². The van der Waals surface area contributed by atoms with Gasteiger partial charge in [-0.25, -0.2) is 0 Å². The van der Waals surface area contributed by atoms with E-state index in [1.165, 1.54) is 12.0 Å². The molecule has 0 aliphatic carbocycles. The van der Waals surface area contributed by atoms with Crippen molar-refractivity contribution in [3.05, 3.63) is 69.7 Å². The Balaban J connectivity index is 1.96. The maximum absolute atomic E-state index is 13.3. The van der Waals surface area contributed by atoms with Crippen LogP contribution in [-0.4, -0.2) is 46.5 Å². The minimum Gasteiger partial charge on any atom is -0.507 e. The molecular formula is C25H26N4O6. The molecule has 0 saturated carbocycles. The van der Waals surface area contributed by atoms with Crippen LogP contribution in [-0.2, 0) is 9.59 Å². The van der Waals surface area contributed by atoms with Crippen molar-refractivity contribution in [1.82, 2.24) is 15.5 Å². The lowest BCUT2D eigenvalue weighted by atomic mass is 9.94. The zero-order chi connectivity index (χ0) is 25.4. The van der Waals surface area contributed by atoms with E-state index in [-0.39, 0.29) is 34.3 Å². The van der Waals surface area contributed by atoms with Gasteiger partial charge in [-0.2, -0.15) is 0 Å². The number of carbonyl (C=O) groups is 3. The van der Waals surface area contributed by atoms with Gasteiger partial charge in [-0.15, -0.1) is 0 Å². The number of aromatic nitrogens is 2. The summed E-state index contributed by atoms with van der Waals surface area (Å²) in [6.45, 7) is 7.24. The molecule has 0 radical (unpaired) electrons. The highest BCUT2D eigenvalue weighted by molar-refractivity contribution is 6.51. The number of methoxy groups -OCH3 is 1. The molecule has 3 aromatic rings. The number of ether oxygens (including phenoxy) is 1. The first-order valence-corrected chi connectivity index (χ1v) is 11.1. The molecule has 1 saturated heterocycles. The normalized spacial score (nSPS) is 17.2. The molecule has 1 unspecified atom stereocenters. The van der Waals surface area contributed by atoms with Crippen LogP contribution in [0.4, 0.5) is 5.82 Å². The van der Waals surface area contributed by atoms with E-state index >= 15 is 0 Å². The number of carbonyl (C=O) groups excluding carboxylic acids is 3. The number of amides is 2. The number of benzene rings is 1. The van der Waals surface area contributed by atoms with Crippen LogP contribution in [0.5, 0.6) is 5.75 Å². The molecule has 1 fully saturated rings. The predicted molar refractivity (Wildman–Crippen MR) is 127 cm³/mol. The zero-order valence-corrected chi connectivity index (χ0v) is 20.1. The molecule has 35 heavy (non-hydrogen) atoms. The van der Waals surface area contributed by atoms with Crippen molar-refractivity contribution in [2.24, 2.45) is 0 Å². The van der Waals surface area contributed by atoms with Crippen LogP contribution in [0, 0.1) is 20.8 Å². The largest absolute Gasteiger partial charge is 0.507 e. The average molecular weight is 479 g/mol. The average Bonchev–Trinajstić information content (AvgIpc) is 3.47. The van der Waals surface area contributed by atoms with Crippen molar-refractivity contribution in [3.8, 4) is 5.75 Å². The number of aliphatic hydroxyl groups excluding tert-OH is 1. The summed E-state index contributed by atoms with van der Waals surface area (Å²) in [6.07, 6.45) is 0. The summed E-state index contributed by atoms with van der Waals surface area (Å²) in [5.74, 6) is -1.36. The minimum absolute atomic E-state index is 0.128. The van der Waals surface area contributed by atoms with E-state index < -0.39 is 17.7 Å². The summed E-state index contributed by atoms with van der Waals surface area (Å²) >= 11 is 0. The van der Waals surface area contributed by atoms with Gasteiger partial charge < -0.3 is 24.7 Å². The van der Waals surface area contributed by atoms with Crippen LogP contribution in [0.2, 0.25) is 0 Å². The van der Waals surface area contributed by atoms with Crippen LogP contribution >= 0.6 is 0 Å². The fraction of sp³-hybridized carbons (Fsp3) is 0.280. The van der Waals surface area contributed by atoms with Gasteiger partial charge in [0.15, 0.2) is 5.82 Å². The fourth-order valence-electron chi connectivity index (χ4n) is 4.38. The van der Waals surface area contributed by atoms with Crippen LogP contribution in [0.15, 0.2) is 40.4 Å². The van der Waals surface area contributed by atoms with Crippen molar-refractivity contribution in [3.63, 3.8) is 0 Å². The van der Waals surface area contributed by atoms with Crippen molar-refractivity contribution < 1.29 is 28.8 Å². The highest BCUT2D eigenvalue weighted by atomic mass is 16.5. The summed E-state index contributed by atoms with van der Waals surface area (Å²) in [5.41, 5.74) is 1.89. The number of rotatable bonds is 6. The van der Waals surface area contributed by atoms with Gasteiger partial charge >= 0.3 is 5.91 Å². The summed E-state index contributed by atoms with van der Waals surface area (Å²) in [5, 5.41) is 18.1. The van der Waals surface area contributed by atoms with E-state index in [9.17, 15) is 19.5 Å². The highest BCUT2D eigenvalue weighted by Crippen LogP contribution is 2.43. The van der Waals surface area contributed by atoms with Crippen LogP contribution < -0.4 is 15.0 Å². The van der Waals surface area contributed by atoms with E-state index in [1.54, 1.807) is 58.0 Å². The molecule has 2 amide bonds. The standard InChI is InChI=1S/C25H26N4O6/c1-6-26-24(32)20-13(3)18(14(4)27-20)22(30)19-21(15-8-7-9-16(11-15)34-5)29(25(33)23(19)31)17-10-12(2)35-28-17/h7-11,21,27,30H,6H2,1-5H3,(H,26,32)/b22-19+. The molecule has 182 valence electrons. The number of hydrogen-bond acceptors (Lipinski definition) is 7. The Bertz CT molecular complexity index is 1370. The van der Waals surface area contributed by atoms with Crippen molar-refractivity contribution in [2.45, 2.75) is 33.7 Å². The molecule has 1 aliphatic rings. The van der Waals surface area contributed by atoms with Gasteiger partial charge in [0.25, 0.3) is 11.7 Å². The lowest BCUT2D eigenvalue weighted by Gasteiger charge is -2.23. The smallest absolute Gasteiger partial charge is 0.301 e. The lowest BCUT2D eigenvalue weighted by Crippen LogP contribution is -2.29. The molecule has 3 N–H and O–H groups in total. The van der Waals surface area contributed by atoms with Crippen molar-refractivity contribution in [1.29, 1.82) is 0 Å². The maximum Gasteiger partial charge on any atom is 0.301 e. The molecule has 1 aliphatic heterocycles. The molecule has 4 rings (SSSR count). The van der Waals surface area contributed by atoms with Gasteiger partial charge in [-0.1, -0.05) is 17.3 Å². The number of Topliss-reactive ketones (excluding diaryl/α,β-unsaturated/α-hetero) is 1. The van der Waals surface area contributed by atoms with E-state index in [0.717, 1.165) is 0 Å². The second-order valence-corrected chi connectivity index (χ2v) is 8.23. The van der Waals surface area contributed by atoms with Crippen LogP contribution in [0.25, 0.3) is 5.76 Å². The summed E-state index contributed by atoms with van der Waals surface area (Å²) in [6, 6.07) is 7.40. The molecule has 3 heterocycles. The van der Waals surface area contributed by atoms with Gasteiger partial charge in [0.05, 0.1) is 18.7 Å². The molecule has 0 bridgehead atoms. The Morgan fingerprint density at radius 2 is 2.00 bits per heavy atom. The summed E-state index contributed by atoms with van der Waals surface area (Å²) < 4.78 is 10.5. The predicted octanol–water partition coefficient (Wildman–Crippen LogP) is 3.31. The first-order valence-electron chi connectivity index (χ1n) is 11.1. The first-order chi connectivity index (χ1) is 16.7. The second-order valence-electron chi connectivity index (χ2n) is 8.23. The van der Waals surface area contributed by atoms with Gasteiger partial charge in [0, 0.05) is 23.9 Å². The Hall–Kier alpha value is -4.34. The number of nitrogens with one attached hydrogen (secondary N) is 2. The minimum atomic E-state index is -1.00. The number of ketones is 1. The third-order valence-corrected chi connectivity index (χ3v) is 5.96. The lowest BCUT2D eigenvalue weighted by molar-refractivity contribution is -0.132. The number of aryl methyl sites for hydroxylation is 2. The monoisotopic (exact) mass is 478 g/mol. The summed E-state index contributed by atoms with van der Waals surface area (Å²) in [7, 11) is 1.51. The van der Waals surface area contributed by atoms with Gasteiger partial charge in [0.1, 0.15) is 23.0 Å². The summed E-state index contributed by atoms with van der Waals surface area (Å²) in [4.78, 5) is 43.2. The number of anilines is 1. The Kier molecular flexibility index (Phi) is 6.21. The Morgan fingerprint density at radius 1 is 1.26 bits per heavy atom. The molecule has 10 nitrogen and oxygen atoms in total. The molecule has 1 atom stereocenters. The van der Waals surface area contributed by atoms with E-state index in [2.05, 4.69) is 15.5 Å². The second kappa shape index (κ2) is 9.13. The third-order valence-electron chi connectivity index (χ3n) is 5.96. The molecule has 1 aromatic carbocycles. The van der Waals surface area contributed by atoms with Crippen molar-refractivity contribution >= 4 is 29.2 Å². The molecular weight excluding hydrogens is 452 g/mol. The first kappa shape index (κ1) is 23.8. The maximum atomic E-state index is 13.3. The quantitative estimate of drug-likeness (QED) is 0.281. The number of H-pyrrole nitrogens is 1. The van der Waals surface area contributed by atoms with Gasteiger partial charge in [0.2, 0.25) is 0 Å². The zero-order valence-electron chi connectivity index (χ0n) is 20.1.